The number of carbonyl (C=O) groups is 1. The number of piperidine rings is 1. The van der Waals surface area contributed by atoms with Gasteiger partial charge < -0.3 is 10.5 Å². The van der Waals surface area contributed by atoms with E-state index in [9.17, 15) is 10.0 Å². The zero-order valence-electron chi connectivity index (χ0n) is 14.7. The van der Waals surface area contributed by atoms with Crippen LogP contribution in [-0.4, -0.2) is 33.3 Å². The number of nitrogens with one attached hydrogen (secondary N) is 1. The van der Waals surface area contributed by atoms with Crippen molar-refractivity contribution in [2.24, 2.45) is 5.92 Å². The lowest BCUT2D eigenvalue weighted by Gasteiger charge is -2.51. The minimum Gasteiger partial charge on any atom is -0.353 e. The van der Waals surface area contributed by atoms with E-state index < -0.39 is 0 Å². The Bertz CT molecular complexity index is 335. The number of unbranched alkanes of at least 4 members (excludes halogenated alkanes) is 1. The summed E-state index contributed by atoms with van der Waals surface area (Å²) < 4.78 is 0. The Morgan fingerprint density at radius 1 is 1.24 bits per heavy atom. The van der Waals surface area contributed by atoms with Gasteiger partial charge in [0, 0.05) is 23.0 Å². The first-order valence-corrected chi connectivity index (χ1v) is 8.43. The fourth-order valence-corrected chi connectivity index (χ4v) is 3.66. The van der Waals surface area contributed by atoms with E-state index in [-0.39, 0.29) is 28.9 Å². The van der Waals surface area contributed by atoms with Crippen molar-refractivity contribution in [3.05, 3.63) is 0 Å². The van der Waals surface area contributed by atoms with Gasteiger partial charge in [-0.2, -0.15) is 5.06 Å². The van der Waals surface area contributed by atoms with Gasteiger partial charge in [-0.15, -0.1) is 0 Å². The van der Waals surface area contributed by atoms with Gasteiger partial charge >= 0.3 is 0 Å². The number of hydroxylamine groups is 2. The lowest BCUT2D eigenvalue weighted by molar-refractivity contribution is -0.246. The predicted molar refractivity (Wildman–Crippen MR) is 86.3 cm³/mol. The van der Waals surface area contributed by atoms with E-state index in [4.69, 9.17) is 0 Å². The summed E-state index contributed by atoms with van der Waals surface area (Å²) >= 11 is 0. The third-order valence-corrected chi connectivity index (χ3v) is 4.75. The van der Waals surface area contributed by atoms with Crippen LogP contribution in [0.25, 0.3) is 0 Å². The van der Waals surface area contributed by atoms with Crippen LogP contribution >= 0.6 is 0 Å². The highest BCUT2D eigenvalue weighted by atomic mass is 16.5. The third-order valence-electron chi connectivity index (χ3n) is 4.75. The molecule has 1 heterocycles. The molecule has 1 rings (SSSR count). The van der Waals surface area contributed by atoms with Crippen LogP contribution in [0.3, 0.4) is 0 Å². The molecule has 4 heteroatoms. The molecule has 1 aliphatic rings. The quantitative estimate of drug-likeness (QED) is 0.785. The molecular weight excluding hydrogens is 264 g/mol. The Kier molecular flexibility index (Phi) is 6.23. The van der Waals surface area contributed by atoms with Crippen molar-refractivity contribution in [3.8, 4) is 0 Å². The zero-order chi connectivity index (χ0) is 16.3. The monoisotopic (exact) mass is 298 g/mol. The van der Waals surface area contributed by atoms with Crippen LogP contribution < -0.4 is 5.32 Å². The first kappa shape index (κ1) is 18.4. The van der Waals surface area contributed by atoms with Crippen LogP contribution in [0.4, 0.5) is 0 Å². The Labute approximate surface area is 130 Å². The van der Waals surface area contributed by atoms with E-state index >= 15 is 0 Å². The Balaban J connectivity index is 2.67. The number of hydrogen-bond acceptors (Lipinski definition) is 3. The topological polar surface area (TPSA) is 52.6 Å². The van der Waals surface area contributed by atoms with Crippen LogP contribution in [0.2, 0.25) is 0 Å². The Hall–Kier alpha value is -0.610. The molecule has 21 heavy (non-hydrogen) atoms. The summed E-state index contributed by atoms with van der Waals surface area (Å²) in [6.07, 6.45) is 5.68. The highest BCUT2D eigenvalue weighted by Crippen LogP contribution is 2.36. The highest BCUT2D eigenvalue weighted by molar-refractivity contribution is 5.78. The van der Waals surface area contributed by atoms with E-state index in [1.807, 2.05) is 27.7 Å². The van der Waals surface area contributed by atoms with E-state index in [1.165, 1.54) is 5.06 Å². The van der Waals surface area contributed by atoms with Gasteiger partial charge in [-0.25, -0.2) is 0 Å². The molecule has 2 N–H and O–H groups in total. The van der Waals surface area contributed by atoms with Crippen molar-refractivity contribution < 1.29 is 10.0 Å². The average Bonchev–Trinajstić information content (AvgIpc) is 2.36. The number of hydrogen-bond donors (Lipinski definition) is 2. The summed E-state index contributed by atoms with van der Waals surface area (Å²) in [6, 6.07) is 0.140. The molecule has 1 unspecified atom stereocenters. The number of rotatable bonds is 6. The summed E-state index contributed by atoms with van der Waals surface area (Å²) in [5.41, 5.74) is -0.629. The summed E-state index contributed by atoms with van der Waals surface area (Å²) in [7, 11) is 0. The maximum absolute atomic E-state index is 12.5. The number of amides is 1. The maximum Gasteiger partial charge on any atom is 0.223 e. The van der Waals surface area contributed by atoms with Gasteiger partial charge in [0.05, 0.1) is 0 Å². The minimum absolute atomic E-state index is 0.128. The lowest BCUT2D eigenvalue weighted by Crippen LogP contribution is -2.63. The molecule has 4 nitrogen and oxygen atoms in total. The molecule has 0 bridgehead atoms. The lowest BCUT2D eigenvalue weighted by atomic mass is 9.78. The van der Waals surface area contributed by atoms with Crippen LogP contribution in [0.5, 0.6) is 0 Å². The van der Waals surface area contributed by atoms with Crippen molar-refractivity contribution in [1.82, 2.24) is 10.4 Å². The molecule has 124 valence electrons. The average molecular weight is 298 g/mol. The molecule has 0 spiro atoms. The fourth-order valence-electron chi connectivity index (χ4n) is 3.66. The molecule has 1 saturated heterocycles. The van der Waals surface area contributed by atoms with Crippen molar-refractivity contribution in [3.63, 3.8) is 0 Å². The molecule has 1 fully saturated rings. The van der Waals surface area contributed by atoms with E-state index in [2.05, 4.69) is 19.2 Å². The van der Waals surface area contributed by atoms with Gasteiger partial charge in [-0.3, -0.25) is 4.79 Å². The maximum atomic E-state index is 12.5. The standard InChI is InChI=1S/C17H34N2O2/c1-7-9-10-13(8-2)15(20)18-14-11-16(3,4)19(21)17(5,6)12-14/h13-14,21H,7-12H2,1-6H3,(H,18,20). The van der Waals surface area contributed by atoms with Crippen molar-refractivity contribution in [1.29, 1.82) is 0 Å². The molecule has 1 atom stereocenters. The second-order valence-electron chi connectivity index (χ2n) is 7.80. The molecule has 1 amide bonds. The van der Waals surface area contributed by atoms with Gasteiger partial charge in [0.2, 0.25) is 5.91 Å². The largest absolute Gasteiger partial charge is 0.353 e. The Morgan fingerprint density at radius 3 is 2.19 bits per heavy atom. The third kappa shape index (κ3) is 4.68. The molecule has 0 aromatic carbocycles. The Morgan fingerprint density at radius 2 is 1.76 bits per heavy atom. The predicted octanol–water partition coefficient (Wildman–Crippen LogP) is 3.73. The van der Waals surface area contributed by atoms with E-state index in [0.717, 1.165) is 38.5 Å². The van der Waals surface area contributed by atoms with Crippen molar-refractivity contribution in [2.45, 2.75) is 97.2 Å². The fraction of sp³-hybridized carbons (Fsp3) is 0.941. The van der Waals surface area contributed by atoms with Crippen LogP contribution in [0, 0.1) is 5.92 Å². The second-order valence-corrected chi connectivity index (χ2v) is 7.80. The zero-order valence-corrected chi connectivity index (χ0v) is 14.7. The van der Waals surface area contributed by atoms with Gasteiger partial charge in [0.25, 0.3) is 0 Å². The highest BCUT2D eigenvalue weighted by Gasteiger charge is 2.45. The first-order valence-electron chi connectivity index (χ1n) is 8.43. The van der Waals surface area contributed by atoms with E-state index in [0.29, 0.717) is 0 Å². The number of carbonyl (C=O) groups excluding carboxylic acids is 1. The van der Waals surface area contributed by atoms with Crippen LogP contribution in [-0.2, 0) is 4.79 Å². The van der Waals surface area contributed by atoms with Crippen LogP contribution in [0.15, 0.2) is 0 Å². The molecule has 0 saturated carbocycles. The molecule has 0 aromatic rings. The summed E-state index contributed by atoms with van der Waals surface area (Å²) in [5.74, 6) is 0.317. The summed E-state index contributed by atoms with van der Waals surface area (Å²) in [4.78, 5) is 12.5. The minimum atomic E-state index is -0.315. The molecule has 0 radical (unpaired) electrons. The normalized spacial score (nSPS) is 23.8. The van der Waals surface area contributed by atoms with Crippen LogP contribution in [0.1, 0.15) is 80.1 Å². The SMILES string of the molecule is CCCCC(CC)C(=O)NC1CC(C)(C)N(O)C(C)(C)C1. The van der Waals surface area contributed by atoms with Gasteiger partial charge in [-0.05, 0) is 53.4 Å². The van der Waals surface area contributed by atoms with Crippen molar-refractivity contribution >= 4 is 5.91 Å². The molecular formula is C17H34N2O2. The molecule has 0 aliphatic carbocycles. The van der Waals surface area contributed by atoms with E-state index in [1.54, 1.807) is 0 Å². The van der Waals surface area contributed by atoms with Gasteiger partial charge in [-0.1, -0.05) is 26.7 Å². The molecule has 1 aliphatic heterocycles. The number of nitrogens with zero attached hydrogens (tertiary/aromatic N) is 1. The smallest absolute Gasteiger partial charge is 0.223 e. The van der Waals surface area contributed by atoms with Gasteiger partial charge in [0.15, 0.2) is 0 Å². The first-order chi connectivity index (χ1) is 9.64. The summed E-state index contributed by atoms with van der Waals surface area (Å²) in [5, 5.41) is 15.0. The second kappa shape index (κ2) is 7.10. The van der Waals surface area contributed by atoms with Gasteiger partial charge in [0.1, 0.15) is 0 Å². The van der Waals surface area contributed by atoms with Crippen molar-refractivity contribution in [2.75, 3.05) is 0 Å². The summed E-state index contributed by atoms with van der Waals surface area (Å²) in [6.45, 7) is 12.4. The molecule has 0 aromatic heterocycles.